The van der Waals surface area contributed by atoms with Crippen molar-refractivity contribution in [2.45, 2.75) is 30.7 Å². The van der Waals surface area contributed by atoms with Crippen molar-refractivity contribution < 1.29 is 28.8 Å². The normalized spacial score (nSPS) is 39.9. The van der Waals surface area contributed by atoms with Gasteiger partial charge >= 0.3 is 0 Å². The third-order valence-electron chi connectivity index (χ3n) is 2.76. The first-order valence-electron chi connectivity index (χ1n) is 5.10. The Morgan fingerprint density at radius 2 is 1.50 bits per heavy atom. The van der Waals surface area contributed by atoms with Gasteiger partial charge in [0, 0.05) is 28.4 Å². The van der Waals surface area contributed by atoms with E-state index in [4.69, 9.17) is 23.7 Å². The molecular weight excluding hydrogens is 216 g/mol. The summed E-state index contributed by atoms with van der Waals surface area (Å²) in [7, 11) is 6.16. The van der Waals surface area contributed by atoms with Crippen LogP contribution in [-0.2, 0) is 23.7 Å². The molecule has 0 aliphatic carbocycles. The van der Waals surface area contributed by atoms with Crippen LogP contribution in [0, 0.1) is 0 Å². The van der Waals surface area contributed by atoms with E-state index in [0.717, 1.165) is 0 Å². The zero-order valence-electron chi connectivity index (χ0n) is 10.1. The first-order chi connectivity index (χ1) is 7.69. The Bertz CT molecular complexity index is 200. The summed E-state index contributed by atoms with van der Waals surface area (Å²) in [4.78, 5) is 0. The van der Waals surface area contributed by atoms with E-state index < -0.39 is 12.4 Å². The second-order valence-electron chi connectivity index (χ2n) is 3.62. The highest BCUT2D eigenvalue weighted by molar-refractivity contribution is 4.91. The first-order valence-corrected chi connectivity index (χ1v) is 5.10. The number of aliphatic hydroxyl groups is 1. The maximum absolute atomic E-state index is 9.74. The van der Waals surface area contributed by atoms with Gasteiger partial charge in [-0.3, -0.25) is 0 Å². The van der Waals surface area contributed by atoms with Crippen molar-refractivity contribution in [3.05, 3.63) is 0 Å². The maximum Gasteiger partial charge on any atom is 0.184 e. The van der Waals surface area contributed by atoms with Crippen LogP contribution in [0.2, 0.25) is 0 Å². The number of hydrogen-bond acceptors (Lipinski definition) is 6. The molecule has 0 aromatic heterocycles. The van der Waals surface area contributed by atoms with Crippen molar-refractivity contribution in [3.8, 4) is 0 Å². The van der Waals surface area contributed by atoms with Gasteiger partial charge in [0.25, 0.3) is 0 Å². The fourth-order valence-electron chi connectivity index (χ4n) is 2.00. The zero-order valence-corrected chi connectivity index (χ0v) is 10.1. The predicted octanol–water partition coefficient (Wildman–Crippen LogP) is -0.605. The maximum atomic E-state index is 9.74. The molecule has 1 saturated heterocycles. The summed E-state index contributed by atoms with van der Waals surface area (Å²) < 4.78 is 26.1. The number of hydrogen-bond donors (Lipinski definition) is 1. The van der Waals surface area contributed by atoms with Gasteiger partial charge in [-0.15, -0.1) is 0 Å². The Kier molecular flexibility index (Phi) is 5.60. The summed E-state index contributed by atoms with van der Waals surface area (Å²) in [5, 5.41) is 9.74. The fraction of sp³-hybridized carbons (Fsp3) is 1.00. The SMILES string of the molecule is COC[C@@H]1O[C@H](O)[C@H](OC)[C@@H](OC)[C@@H]1OC. The fourth-order valence-corrected chi connectivity index (χ4v) is 2.00. The Balaban J connectivity index is 2.78. The van der Waals surface area contributed by atoms with Gasteiger partial charge in [-0.2, -0.15) is 0 Å². The molecule has 0 saturated carbocycles. The molecule has 6 nitrogen and oxygen atoms in total. The van der Waals surface area contributed by atoms with Gasteiger partial charge in [-0.05, 0) is 0 Å². The van der Waals surface area contributed by atoms with Gasteiger partial charge in [-0.1, -0.05) is 0 Å². The molecule has 0 amide bonds. The summed E-state index contributed by atoms with van der Waals surface area (Å²) in [6, 6.07) is 0. The Hall–Kier alpha value is -0.240. The Morgan fingerprint density at radius 3 is 1.94 bits per heavy atom. The molecule has 1 aliphatic heterocycles. The number of ether oxygens (including phenoxy) is 5. The van der Waals surface area contributed by atoms with Crippen molar-refractivity contribution in [2.75, 3.05) is 35.0 Å². The lowest BCUT2D eigenvalue weighted by Crippen LogP contribution is -2.60. The lowest BCUT2D eigenvalue weighted by atomic mass is 9.98. The van der Waals surface area contributed by atoms with Crippen LogP contribution in [0.5, 0.6) is 0 Å². The lowest BCUT2D eigenvalue weighted by Gasteiger charge is -2.42. The minimum Gasteiger partial charge on any atom is -0.382 e. The lowest BCUT2D eigenvalue weighted by molar-refractivity contribution is -0.300. The van der Waals surface area contributed by atoms with Crippen LogP contribution in [0.3, 0.4) is 0 Å². The van der Waals surface area contributed by atoms with Crippen molar-refractivity contribution in [3.63, 3.8) is 0 Å². The highest BCUT2D eigenvalue weighted by atomic mass is 16.7. The average Bonchev–Trinajstić information content (AvgIpc) is 2.28. The van der Waals surface area contributed by atoms with Crippen molar-refractivity contribution in [1.29, 1.82) is 0 Å². The Labute approximate surface area is 95.4 Å². The second-order valence-corrected chi connectivity index (χ2v) is 3.62. The van der Waals surface area contributed by atoms with Crippen LogP contribution in [0.4, 0.5) is 0 Å². The molecule has 0 spiro atoms. The van der Waals surface area contributed by atoms with Crippen LogP contribution in [0.15, 0.2) is 0 Å². The van der Waals surface area contributed by atoms with E-state index in [9.17, 15) is 5.11 Å². The second kappa shape index (κ2) is 6.48. The van der Waals surface area contributed by atoms with E-state index in [0.29, 0.717) is 6.61 Å². The van der Waals surface area contributed by atoms with E-state index in [1.165, 1.54) is 7.11 Å². The van der Waals surface area contributed by atoms with Crippen molar-refractivity contribution >= 4 is 0 Å². The van der Waals surface area contributed by atoms with E-state index in [1.54, 1.807) is 21.3 Å². The van der Waals surface area contributed by atoms with Crippen molar-refractivity contribution in [2.24, 2.45) is 0 Å². The molecule has 6 heteroatoms. The number of methoxy groups -OCH3 is 4. The molecule has 0 bridgehead atoms. The van der Waals surface area contributed by atoms with E-state index in [2.05, 4.69) is 0 Å². The van der Waals surface area contributed by atoms with Crippen LogP contribution in [0.1, 0.15) is 0 Å². The summed E-state index contributed by atoms with van der Waals surface area (Å²) in [5.74, 6) is 0. The monoisotopic (exact) mass is 236 g/mol. The van der Waals surface area contributed by atoms with Gasteiger partial charge in [0.15, 0.2) is 6.29 Å². The minimum atomic E-state index is -1.04. The standard InChI is InChI=1S/C10H20O6/c1-12-5-6-7(13-2)8(14-3)9(15-4)10(11)16-6/h6-11H,5H2,1-4H3/t6-,7+,8-,9+,10-/m0/s1. The smallest absolute Gasteiger partial charge is 0.184 e. The van der Waals surface area contributed by atoms with E-state index in [-0.39, 0.29) is 18.3 Å². The molecule has 1 fully saturated rings. The van der Waals surface area contributed by atoms with Crippen LogP contribution in [0.25, 0.3) is 0 Å². The largest absolute Gasteiger partial charge is 0.382 e. The zero-order chi connectivity index (χ0) is 12.1. The highest BCUT2D eigenvalue weighted by Gasteiger charge is 2.46. The third-order valence-corrected chi connectivity index (χ3v) is 2.76. The van der Waals surface area contributed by atoms with E-state index in [1.807, 2.05) is 0 Å². The summed E-state index contributed by atoms with van der Waals surface area (Å²) in [6.45, 7) is 0.325. The van der Waals surface area contributed by atoms with Gasteiger partial charge in [0.05, 0.1) is 6.61 Å². The van der Waals surface area contributed by atoms with Gasteiger partial charge < -0.3 is 28.8 Å². The molecule has 1 heterocycles. The summed E-state index contributed by atoms with van der Waals surface area (Å²) in [5.41, 5.74) is 0. The number of aliphatic hydroxyl groups excluding tert-OH is 1. The topological polar surface area (TPSA) is 66.4 Å². The van der Waals surface area contributed by atoms with Gasteiger partial charge in [0.1, 0.15) is 24.4 Å². The van der Waals surface area contributed by atoms with Crippen LogP contribution >= 0.6 is 0 Å². The summed E-state index contributed by atoms with van der Waals surface area (Å²) >= 11 is 0. The molecule has 5 atom stereocenters. The molecule has 16 heavy (non-hydrogen) atoms. The highest BCUT2D eigenvalue weighted by Crippen LogP contribution is 2.25. The molecule has 1 rings (SSSR count). The quantitative estimate of drug-likeness (QED) is 0.687. The molecule has 0 radical (unpaired) electrons. The van der Waals surface area contributed by atoms with Crippen molar-refractivity contribution in [1.82, 2.24) is 0 Å². The minimum absolute atomic E-state index is 0.325. The molecule has 96 valence electrons. The molecular formula is C10H20O6. The van der Waals surface area contributed by atoms with E-state index >= 15 is 0 Å². The van der Waals surface area contributed by atoms with Crippen LogP contribution in [-0.4, -0.2) is 70.9 Å². The predicted molar refractivity (Wildman–Crippen MR) is 55.1 cm³/mol. The third kappa shape index (κ3) is 2.71. The Morgan fingerprint density at radius 1 is 0.938 bits per heavy atom. The molecule has 0 aromatic rings. The molecule has 1 N–H and O–H groups in total. The number of rotatable bonds is 5. The molecule has 0 aromatic carbocycles. The van der Waals surface area contributed by atoms with Gasteiger partial charge in [0.2, 0.25) is 0 Å². The molecule has 0 unspecified atom stereocenters. The molecule has 1 aliphatic rings. The first kappa shape index (κ1) is 13.8. The summed E-state index contributed by atoms with van der Waals surface area (Å²) in [6.07, 6.45) is -2.71. The van der Waals surface area contributed by atoms with Crippen LogP contribution < -0.4 is 0 Å². The van der Waals surface area contributed by atoms with Gasteiger partial charge in [-0.25, -0.2) is 0 Å². The average molecular weight is 236 g/mol.